The standard InChI is InChI=1S/C30H33Cl2F3N4O2/c1-18(2)14-26(36)24-16-20(30(33,34)35)6-8-27(24)38-10-12-39(13-11-38)29(41)23(22-4-3-9-37-28(22)40)15-19-5-7-21(31)17-25(19)32/h3-9,16-18,23,26H,10-15,36H2,1-2H3,(H,37,40). The Kier molecular flexibility index (Phi) is 9.72. The molecule has 2 aromatic carbocycles. The molecule has 3 N–H and O–H groups in total. The van der Waals surface area contributed by atoms with E-state index in [0.29, 0.717) is 65.0 Å². The number of carbonyl (C=O) groups excluding carboxylic acids is 1. The lowest BCUT2D eigenvalue weighted by atomic mass is 9.91. The van der Waals surface area contributed by atoms with Gasteiger partial charge in [-0.1, -0.05) is 49.2 Å². The Morgan fingerprint density at radius 3 is 2.34 bits per heavy atom. The number of aromatic nitrogens is 1. The van der Waals surface area contributed by atoms with E-state index in [0.717, 1.165) is 12.1 Å². The SMILES string of the molecule is CC(C)CC(N)c1cc(C(F)(F)F)ccc1N1CCN(C(=O)C(Cc2ccc(Cl)cc2Cl)c2ccc[nH]c2=O)CC1. The van der Waals surface area contributed by atoms with Crippen molar-refractivity contribution < 1.29 is 18.0 Å². The Labute approximate surface area is 247 Å². The van der Waals surface area contributed by atoms with Crippen LogP contribution in [0, 0.1) is 5.92 Å². The number of nitrogens with one attached hydrogen (secondary N) is 1. The Morgan fingerprint density at radius 2 is 1.73 bits per heavy atom. The first-order valence-electron chi connectivity index (χ1n) is 13.5. The van der Waals surface area contributed by atoms with Gasteiger partial charge in [-0.05, 0) is 66.3 Å². The topological polar surface area (TPSA) is 82.4 Å². The van der Waals surface area contributed by atoms with Gasteiger partial charge < -0.3 is 20.5 Å². The number of H-pyrrole nitrogens is 1. The van der Waals surface area contributed by atoms with Crippen LogP contribution in [0.1, 0.15) is 54.5 Å². The number of amides is 1. The van der Waals surface area contributed by atoms with Crippen molar-refractivity contribution in [1.82, 2.24) is 9.88 Å². The van der Waals surface area contributed by atoms with Crippen LogP contribution in [0.4, 0.5) is 18.9 Å². The normalized spacial score (nSPS) is 15.7. The number of hydrogen-bond donors (Lipinski definition) is 2. The predicted octanol–water partition coefficient (Wildman–Crippen LogP) is 6.42. The maximum absolute atomic E-state index is 13.9. The van der Waals surface area contributed by atoms with Gasteiger partial charge in [0.05, 0.1) is 11.5 Å². The molecule has 11 heteroatoms. The lowest BCUT2D eigenvalue weighted by molar-refractivity contribution is -0.137. The van der Waals surface area contributed by atoms with Crippen LogP contribution < -0.4 is 16.2 Å². The largest absolute Gasteiger partial charge is 0.416 e. The molecular formula is C30H33Cl2F3N4O2. The lowest BCUT2D eigenvalue weighted by Crippen LogP contribution is -2.51. The molecule has 4 rings (SSSR count). The van der Waals surface area contributed by atoms with Crippen LogP contribution in [0.3, 0.4) is 0 Å². The summed E-state index contributed by atoms with van der Waals surface area (Å²) in [5.41, 5.74) is 7.40. The molecular weight excluding hydrogens is 576 g/mol. The molecule has 1 aromatic heterocycles. The van der Waals surface area contributed by atoms with Gasteiger partial charge in [-0.3, -0.25) is 9.59 Å². The summed E-state index contributed by atoms with van der Waals surface area (Å²) < 4.78 is 40.5. The highest BCUT2D eigenvalue weighted by atomic mass is 35.5. The molecule has 0 spiro atoms. The summed E-state index contributed by atoms with van der Waals surface area (Å²) in [5.74, 6) is -0.808. The minimum absolute atomic E-state index is 0.203. The van der Waals surface area contributed by atoms with Crippen LogP contribution in [-0.2, 0) is 17.4 Å². The fourth-order valence-electron chi connectivity index (χ4n) is 5.29. The van der Waals surface area contributed by atoms with Crippen molar-refractivity contribution in [2.45, 2.75) is 44.8 Å². The zero-order valence-corrected chi connectivity index (χ0v) is 24.4. The summed E-state index contributed by atoms with van der Waals surface area (Å²) in [6.45, 7) is 5.41. The first kappa shape index (κ1) is 30.9. The molecule has 0 bridgehead atoms. The molecule has 0 saturated carbocycles. The second-order valence-corrected chi connectivity index (χ2v) is 11.6. The Hall–Kier alpha value is -3.01. The highest BCUT2D eigenvalue weighted by Gasteiger charge is 2.34. The number of halogens is 5. The minimum atomic E-state index is -4.48. The zero-order chi connectivity index (χ0) is 29.9. The molecule has 1 saturated heterocycles. The van der Waals surface area contributed by atoms with Gasteiger partial charge in [0.2, 0.25) is 5.91 Å². The number of alkyl halides is 3. The second-order valence-electron chi connectivity index (χ2n) is 10.8. The van der Waals surface area contributed by atoms with Crippen molar-refractivity contribution in [2.24, 2.45) is 11.7 Å². The highest BCUT2D eigenvalue weighted by Crippen LogP contribution is 2.37. The fraction of sp³-hybridized carbons (Fsp3) is 0.400. The zero-order valence-electron chi connectivity index (χ0n) is 22.8. The van der Waals surface area contributed by atoms with Gasteiger partial charge in [-0.25, -0.2) is 0 Å². The van der Waals surface area contributed by atoms with E-state index in [4.69, 9.17) is 28.9 Å². The van der Waals surface area contributed by atoms with Gasteiger partial charge in [-0.15, -0.1) is 0 Å². The van der Waals surface area contributed by atoms with E-state index in [1.165, 1.54) is 12.3 Å². The lowest BCUT2D eigenvalue weighted by Gasteiger charge is -2.39. The second kappa shape index (κ2) is 12.9. The summed E-state index contributed by atoms with van der Waals surface area (Å²) in [5, 5.41) is 0.867. The Morgan fingerprint density at radius 1 is 1.02 bits per heavy atom. The Bertz CT molecular complexity index is 1440. The molecule has 220 valence electrons. The number of carbonyl (C=O) groups is 1. The summed E-state index contributed by atoms with van der Waals surface area (Å²) in [6, 6.07) is 11.5. The van der Waals surface area contributed by atoms with Gasteiger partial charge in [0, 0.05) is 59.7 Å². The molecule has 1 amide bonds. The molecule has 3 aromatic rings. The van der Waals surface area contributed by atoms with Crippen LogP contribution in [-0.4, -0.2) is 42.0 Å². The van der Waals surface area contributed by atoms with Crippen molar-refractivity contribution in [3.05, 3.63) is 97.4 Å². The number of piperazine rings is 1. The predicted molar refractivity (Wildman–Crippen MR) is 157 cm³/mol. The monoisotopic (exact) mass is 608 g/mol. The fourth-order valence-corrected chi connectivity index (χ4v) is 5.77. The van der Waals surface area contributed by atoms with E-state index in [1.807, 2.05) is 18.7 Å². The van der Waals surface area contributed by atoms with Crippen LogP contribution in [0.2, 0.25) is 10.0 Å². The van der Waals surface area contributed by atoms with Crippen molar-refractivity contribution in [3.8, 4) is 0 Å². The minimum Gasteiger partial charge on any atom is -0.368 e. The highest BCUT2D eigenvalue weighted by molar-refractivity contribution is 6.35. The van der Waals surface area contributed by atoms with E-state index in [-0.39, 0.29) is 23.8 Å². The molecule has 2 heterocycles. The average molecular weight is 610 g/mol. The summed E-state index contributed by atoms with van der Waals surface area (Å²) in [7, 11) is 0. The van der Waals surface area contributed by atoms with Crippen LogP contribution in [0.5, 0.6) is 0 Å². The molecule has 41 heavy (non-hydrogen) atoms. The van der Waals surface area contributed by atoms with Gasteiger partial charge in [-0.2, -0.15) is 13.2 Å². The number of pyridine rings is 1. The molecule has 6 nitrogen and oxygen atoms in total. The number of nitrogens with zero attached hydrogens (tertiary/aromatic N) is 2. The van der Waals surface area contributed by atoms with Gasteiger partial charge in [0.25, 0.3) is 5.56 Å². The third-order valence-electron chi connectivity index (χ3n) is 7.37. The molecule has 2 atom stereocenters. The maximum atomic E-state index is 13.9. The number of rotatable bonds is 8. The summed E-state index contributed by atoms with van der Waals surface area (Å²) >= 11 is 12.5. The number of hydrogen-bond acceptors (Lipinski definition) is 4. The molecule has 0 aliphatic carbocycles. The van der Waals surface area contributed by atoms with Crippen molar-refractivity contribution >= 4 is 34.8 Å². The summed E-state index contributed by atoms with van der Waals surface area (Å²) in [6.07, 6.45) is -2.23. The molecule has 0 radical (unpaired) electrons. The van der Waals surface area contributed by atoms with Crippen molar-refractivity contribution in [2.75, 3.05) is 31.1 Å². The number of anilines is 1. The smallest absolute Gasteiger partial charge is 0.368 e. The third-order valence-corrected chi connectivity index (χ3v) is 7.96. The van der Waals surface area contributed by atoms with E-state index in [2.05, 4.69) is 4.98 Å². The van der Waals surface area contributed by atoms with E-state index >= 15 is 0 Å². The Balaban J connectivity index is 1.57. The van der Waals surface area contributed by atoms with Gasteiger partial charge in [0.1, 0.15) is 0 Å². The van der Waals surface area contributed by atoms with Crippen LogP contribution in [0.15, 0.2) is 59.5 Å². The quantitative estimate of drug-likeness (QED) is 0.309. The van der Waals surface area contributed by atoms with Crippen molar-refractivity contribution in [1.29, 1.82) is 0 Å². The third kappa shape index (κ3) is 7.45. The van der Waals surface area contributed by atoms with Gasteiger partial charge in [0.15, 0.2) is 0 Å². The molecule has 1 aliphatic rings. The number of nitrogens with two attached hydrogens (primary N) is 1. The molecule has 2 unspecified atom stereocenters. The number of benzene rings is 2. The average Bonchev–Trinajstić information content (AvgIpc) is 2.92. The summed E-state index contributed by atoms with van der Waals surface area (Å²) in [4.78, 5) is 32.9. The maximum Gasteiger partial charge on any atom is 0.416 e. The van der Waals surface area contributed by atoms with Crippen molar-refractivity contribution in [3.63, 3.8) is 0 Å². The molecule has 1 aliphatic heterocycles. The first-order chi connectivity index (χ1) is 19.3. The van der Waals surface area contributed by atoms with Crippen LogP contribution >= 0.6 is 23.2 Å². The number of aromatic amines is 1. The van der Waals surface area contributed by atoms with E-state index < -0.39 is 23.7 Å². The van der Waals surface area contributed by atoms with E-state index in [1.54, 1.807) is 35.2 Å². The van der Waals surface area contributed by atoms with Gasteiger partial charge >= 0.3 is 6.18 Å². The first-order valence-corrected chi connectivity index (χ1v) is 14.2. The van der Waals surface area contributed by atoms with Crippen LogP contribution in [0.25, 0.3) is 0 Å². The molecule has 1 fully saturated rings. The van der Waals surface area contributed by atoms with E-state index in [9.17, 15) is 22.8 Å².